The molecule has 0 unspecified atom stereocenters. The summed E-state index contributed by atoms with van der Waals surface area (Å²) in [5.74, 6) is 0.688. The highest BCUT2D eigenvalue weighted by molar-refractivity contribution is 6.31. The molecule has 0 amide bonds. The highest BCUT2D eigenvalue weighted by Crippen LogP contribution is 2.50. The minimum Gasteiger partial charge on any atom is -0.390 e. The molecule has 3 heteroatoms. The van der Waals surface area contributed by atoms with Crippen molar-refractivity contribution >= 4 is 11.6 Å². The molecule has 1 saturated heterocycles. The Morgan fingerprint density at radius 3 is 2.70 bits per heavy atom. The topological polar surface area (TPSA) is 23.5 Å². The molecule has 0 radical (unpaired) electrons. The number of aryl methyl sites for hydroxylation is 1. The van der Waals surface area contributed by atoms with Gasteiger partial charge < -0.3 is 5.11 Å². The summed E-state index contributed by atoms with van der Waals surface area (Å²) in [7, 11) is 0. The summed E-state index contributed by atoms with van der Waals surface area (Å²) in [5, 5.41) is 12.1. The number of halogens is 1. The van der Waals surface area contributed by atoms with Crippen LogP contribution in [0.2, 0.25) is 5.02 Å². The fraction of sp³-hybridized carbons (Fsp3) is 0.500. The zero-order valence-electron chi connectivity index (χ0n) is 16.2. The Balaban J connectivity index is 1.66. The van der Waals surface area contributed by atoms with Gasteiger partial charge in [-0.3, -0.25) is 4.90 Å². The van der Waals surface area contributed by atoms with E-state index < -0.39 is 5.60 Å². The van der Waals surface area contributed by atoms with Gasteiger partial charge in [0.2, 0.25) is 0 Å². The first kappa shape index (κ1) is 17.7. The van der Waals surface area contributed by atoms with Gasteiger partial charge in [0.1, 0.15) is 0 Å². The van der Waals surface area contributed by atoms with Crippen molar-refractivity contribution in [2.24, 2.45) is 5.92 Å². The maximum Gasteiger partial charge on any atom is 0.0700 e. The Morgan fingerprint density at radius 1 is 1.11 bits per heavy atom. The molecule has 0 aromatic heterocycles. The van der Waals surface area contributed by atoms with Gasteiger partial charge >= 0.3 is 0 Å². The Hall–Kier alpha value is -1.35. The summed E-state index contributed by atoms with van der Waals surface area (Å²) >= 11 is 6.60. The smallest absolute Gasteiger partial charge is 0.0700 e. The molecule has 2 aromatic carbocycles. The Labute approximate surface area is 167 Å². The van der Waals surface area contributed by atoms with Gasteiger partial charge in [0.05, 0.1) is 5.60 Å². The average Bonchev–Trinajstić information content (AvgIpc) is 2.82. The summed E-state index contributed by atoms with van der Waals surface area (Å²) in [6.45, 7) is 6.32. The second-order valence-corrected chi connectivity index (χ2v) is 9.41. The predicted molar refractivity (Wildman–Crippen MR) is 110 cm³/mol. The van der Waals surface area contributed by atoms with Crippen LogP contribution in [0.5, 0.6) is 0 Å². The lowest BCUT2D eigenvalue weighted by Gasteiger charge is -2.50. The fourth-order valence-electron chi connectivity index (χ4n) is 5.68. The van der Waals surface area contributed by atoms with Gasteiger partial charge in [-0.25, -0.2) is 0 Å². The summed E-state index contributed by atoms with van der Waals surface area (Å²) in [6, 6.07) is 13.6. The van der Waals surface area contributed by atoms with Crippen molar-refractivity contribution in [2.75, 3.05) is 13.1 Å². The highest BCUT2D eigenvalue weighted by atomic mass is 35.5. The quantitative estimate of drug-likeness (QED) is 0.742. The average molecular weight is 382 g/mol. The maximum absolute atomic E-state index is 11.2. The highest BCUT2D eigenvalue weighted by Gasteiger charge is 2.45. The van der Waals surface area contributed by atoms with Crippen LogP contribution in [0.3, 0.4) is 0 Å². The number of rotatable bonds is 1. The van der Waals surface area contributed by atoms with Crippen molar-refractivity contribution in [3.8, 4) is 0 Å². The van der Waals surface area contributed by atoms with Crippen molar-refractivity contribution < 1.29 is 5.11 Å². The Morgan fingerprint density at radius 2 is 1.89 bits per heavy atom. The van der Waals surface area contributed by atoms with Gasteiger partial charge in [-0.2, -0.15) is 0 Å². The van der Waals surface area contributed by atoms with Gasteiger partial charge in [0.25, 0.3) is 0 Å². The molecule has 2 aliphatic heterocycles. The molecule has 1 N–H and O–H groups in total. The fourth-order valence-corrected chi connectivity index (χ4v) is 5.96. The molecular weight excluding hydrogens is 354 g/mol. The molecule has 2 aromatic rings. The number of piperidine rings is 1. The first-order valence-corrected chi connectivity index (χ1v) is 10.7. The van der Waals surface area contributed by atoms with Crippen LogP contribution in [0.1, 0.15) is 66.5 Å². The van der Waals surface area contributed by atoms with E-state index in [1.54, 1.807) is 0 Å². The van der Waals surface area contributed by atoms with Crippen LogP contribution in [0.25, 0.3) is 0 Å². The lowest BCUT2D eigenvalue weighted by Crippen LogP contribution is -2.51. The third-order valence-corrected chi connectivity index (χ3v) is 7.78. The van der Waals surface area contributed by atoms with E-state index in [2.05, 4.69) is 49.1 Å². The van der Waals surface area contributed by atoms with Gasteiger partial charge in [0, 0.05) is 30.1 Å². The number of fused-ring (bicyclic) bond motifs is 4. The van der Waals surface area contributed by atoms with E-state index in [9.17, 15) is 5.11 Å². The molecule has 142 valence electrons. The van der Waals surface area contributed by atoms with E-state index in [1.807, 2.05) is 6.07 Å². The lowest BCUT2D eigenvalue weighted by molar-refractivity contribution is -0.0822. The number of nitrogens with zero attached hydrogens (tertiary/aromatic N) is 1. The van der Waals surface area contributed by atoms with Crippen LogP contribution in [0.4, 0.5) is 0 Å². The van der Waals surface area contributed by atoms with Crippen LogP contribution in [0.15, 0.2) is 36.4 Å². The minimum atomic E-state index is -0.553. The van der Waals surface area contributed by atoms with Crippen molar-refractivity contribution in [3.63, 3.8) is 0 Å². The Kier molecular flexibility index (Phi) is 4.16. The number of aliphatic hydroxyl groups is 1. The largest absolute Gasteiger partial charge is 0.390 e. The predicted octanol–water partition coefficient (Wildman–Crippen LogP) is 5.11. The van der Waals surface area contributed by atoms with Gasteiger partial charge in [-0.15, -0.1) is 0 Å². The summed E-state index contributed by atoms with van der Waals surface area (Å²) < 4.78 is 0. The summed E-state index contributed by atoms with van der Waals surface area (Å²) in [5.41, 5.74) is 6.63. The van der Waals surface area contributed by atoms with Crippen molar-refractivity contribution in [1.82, 2.24) is 4.90 Å². The van der Waals surface area contributed by atoms with Gasteiger partial charge in [-0.1, -0.05) is 55.8 Å². The summed E-state index contributed by atoms with van der Waals surface area (Å²) in [4.78, 5) is 2.61. The number of hydrogen-bond donors (Lipinski definition) is 1. The molecule has 0 bridgehead atoms. The zero-order valence-corrected chi connectivity index (χ0v) is 17.0. The second kappa shape index (κ2) is 6.34. The van der Waals surface area contributed by atoms with E-state index >= 15 is 0 Å². The van der Waals surface area contributed by atoms with Crippen molar-refractivity contribution in [3.05, 3.63) is 69.2 Å². The molecule has 27 heavy (non-hydrogen) atoms. The molecule has 2 heterocycles. The van der Waals surface area contributed by atoms with Gasteiger partial charge in [-0.05, 0) is 65.5 Å². The van der Waals surface area contributed by atoms with Crippen LogP contribution < -0.4 is 0 Å². The van der Waals surface area contributed by atoms with E-state index in [1.165, 1.54) is 27.8 Å². The normalized spacial score (nSPS) is 29.7. The van der Waals surface area contributed by atoms with Crippen LogP contribution in [-0.4, -0.2) is 28.7 Å². The van der Waals surface area contributed by atoms with E-state index in [0.717, 1.165) is 43.8 Å². The molecule has 0 spiro atoms. The Bertz CT molecular complexity index is 892. The van der Waals surface area contributed by atoms with Gasteiger partial charge in [0.15, 0.2) is 0 Å². The van der Waals surface area contributed by atoms with Crippen LogP contribution in [0, 0.1) is 5.92 Å². The zero-order chi connectivity index (χ0) is 18.8. The molecule has 2 nitrogen and oxygen atoms in total. The molecule has 3 aliphatic rings. The third kappa shape index (κ3) is 2.68. The monoisotopic (exact) mass is 381 g/mol. The molecule has 0 saturated carbocycles. The molecule has 1 fully saturated rings. The lowest BCUT2D eigenvalue weighted by atomic mass is 9.71. The SMILES string of the molecule is CC(C)[C@@]1(O)CCN2C[C@@H]3c4cccc(Cl)c4CCc4cccc(c43)[C@H]2C1. The maximum atomic E-state index is 11.2. The van der Waals surface area contributed by atoms with Crippen LogP contribution in [-0.2, 0) is 12.8 Å². The van der Waals surface area contributed by atoms with E-state index in [0.29, 0.717) is 17.9 Å². The number of benzene rings is 2. The molecule has 5 rings (SSSR count). The number of hydrogen-bond acceptors (Lipinski definition) is 2. The minimum absolute atomic E-state index is 0.291. The molecule has 3 atom stereocenters. The van der Waals surface area contributed by atoms with E-state index in [4.69, 9.17) is 11.6 Å². The third-order valence-electron chi connectivity index (χ3n) is 7.42. The molecular formula is C24H28ClNO. The van der Waals surface area contributed by atoms with E-state index in [-0.39, 0.29) is 0 Å². The van der Waals surface area contributed by atoms with Crippen molar-refractivity contribution in [1.29, 1.82) is 0 Å². The summed E-state index contributed by atoms with van der Waals surface area (Å²) in [6.07, 6.45) is 3.78. The first-order valence-electron chi connectivity index (χ1n) is 10.3. The van der Waals surface area contributed by atoms with Crippen LogP contribution >= 0.6 is 11.6 Å². The standard InChI is InChI=1S/C24H28ClNO/c1-15(2)24(27)11-12-26-14-20-17-6-4-8-21(25)18(17)10-9-16-5-3-7-19(23(16)20)22(26)13-24/h3-8,15,20,22,27H,9-14H2,1-2H3/t20-,22-,24-/m1/s1. The second-order valence-electron chi connectivity index (χ2n) is 9.00. The van der Waals surface area contributed by atoms with Crippen molar-refractivity contribution in [2.45, 2.75) is 57.1 Å². The first-order chi connectivity index (χ1) is 13.0. The molecule has 1 aliphatic carbocycles.